The van der Waals surface area contributed by atoms with Gasteiger partial charge in [0.15, 0.2) is 11.5 Å². The van der Waals surface area contributed by atoms with Crippen molar-refractivity contribution in [3.05, 3.63) is 110 Å². The van der Waals surface area contributed by atoms with Crippen molar-refractivity contribution in [3.63, 3.8) is 0 Å². The van der Waals surface area contributed by atoms with Crippen LogP contribution >= 0.6 is 11.8 Å². The molecule has 0 atom stereocenters. The van der Waals surface area contributed by atoms with Crippen LogP contribution in [0.25, 0.3) is 16.8 Å². The molecule has 1 fully saturated rings. The highest BCUT2D eigenvalue weighted by Crippen LogP contribution is 2.40. The first kappa shape index (κ1) is 29.1. The third-order valence-electron chi connectivity index (χ3n) is 6.33. The second kappa shape index (κ2) is 12.6. The zero-order valence-corrected chi connectivity index (χ0v) is 23.4. The molecule has 0 unspecified atom stereocenters. The Balaban J connectivity index is 1.31. The van der Waals surface area contributed by atoms with Crippen LogP contribution in [0.4, 0.5) is 16.2 Å². The maximum absolute atomic E-state index is 13.1. The Labute approximate surface area is 248 Å². The minimum Gasteiger partial charge on any atom is -0.491 e. The topological polar surface area (TPSA) is 151 Å². The molecule has 1 aliphatic heterocycles. The molecule has 0 bridgehead atoms. The van der Waals surface area contributed by atoms with Gasteiger partial charge in [-0.3, -0.25) is 34.7 Å². The Morgan fingerprint density at radius 2 is 1.60 bits per heavy atom. The molecule has 0 spiro atoms. The van der Waals surface area contributed by atoms with Crippen molar-refractivity contribution in [1.29, 1.82) is 0 Å². The number of non-ortho nitro benzene ring substituents is 1. The molecule has 1 aliphatic rings. The zero-order valence-electron chi connectivity index (χ0n) is 22.6. The molecular weight excluding hydrogens is 578 g/mol. The lowest BCUT2D eigenvalue weighted by Crippen LogP contribution is -2.32. The molecule has 0 radical (unpaired) electrons. The van der Waals surface area contributed by atoms with E-state index in [9.17, 15) is 29.8 Å². The molecule has 4 aromatic rings. The summed E-state index contributed by atoms with van der Waals surface area (Å²) in [6.45, 7) is 2.15. The molecule has 43 heavy (non-hydrogen) atoms. The van der Waals surface area contributed by atoms with Crippen molar-refractivity contribution in [2.45, 2.75) is 6.92 Å². The number of imide groups is 1. The van der Waals surface area contributed by atoms with Gasteiger partial charge in [0.05, 0.1) is 34.0 Å². The Hall–Kier alpha value is -5.43. The summed E-state index contributed by atoms with van der Waals surface area (Å²) < 4.78 is 17.3. The first-order chi connectivity index (χ1) is 20.7. The average molecular weight is 602 g/mol. The molecule has 13 heteroatoms. The predicted molar refractivity (Wildman–Crippen MR) is 160 cm³/mol. The van der Waals surface area contributed by atoms with Crippen molar-refractivity contribution in [1.82, 2.24) is 4.90 Å². The van der Waals surface area contributed by atoms with Crippen molar-refractivity contribution in [2.75, 3.05) is 19.8 Å². The number of fused-ring (bicyclic) bond motifs is 1. The molecule has 218 valence electrons. The largest absolute Gasteiger partial charge is 0.491 e. The molecule has 2 amide bonds. The molecule has 0 N–H and O–H groups in total. The van der Waals surface area contributed by atoms with Crippen LogP contribution in [-0.2, 0) is 4.79 Å². The summed E-state index contributed by atoms with van der Waals surface area (Å²) >= 11 is 0.801. The van der Waals surface area contributed by atoms with Crippen LogP contribution in [0.5, 0.6) is 23.0 Å². The number of thioether (sulfide) groups is 1. The number of amides is 2. The molecule has 1 heterocycles. The fourth-order valence-corrected chi connectivity index (χ4v) is 5.21. The van der Waals surface area contributed by atoms with E-state index in [2.05, 4.69) is 0 Å². The number of rotatable bonds is 11. The van der Waals surface area contributed by atoms with Gasteiger partial charge < -0.3 is 14.2 Å². The number of nitro groups is 2. The molecule has 0 aliphatic carbocycles. The first-order valence-corrected chi connectivity index (χ1v) is 13.8. The van der Waals surface area contributed by atoms with E-state index in [0.717, 1.165) is 45.6 Å². The number of ether oxygens (including phenoxy) is 3. The number of nitro benzene ring substituents is 2. The van der Waals surface area contributed by atoms with Crippen LogP contribution < -0.4 is 14.2 Å². The summed E-state index contributed by atoms with van der Waals surface area (Å²) in [6, 6.07) is 21.1. The van der Waals surface area contributed by atoms with Crippen LogP contribution in [-0.4, -0.2) is 45.7 Å². The summed E-state index contributed by atoms with van der Waals surface area (Å²) in [4.78, 5) is 48.1. The van der Waals surface area contributed by atoms with Crippen molar-refractivity contribution < 1.29 is 33.6 Å². The van der Waals surface area contributed by atoms with Gasteiger partial charge in [-0.1, -0.05) is 42.5 Å². The van der Waals surface area contributed by atoms with Crippen molar-refractivity contribution >= 4 is 51.1 Å². The van der Waals surface area contributed by atoms with Gasteiger partial charge in [0.1, 0.15) is 12.4 Å². The van der Waals surface area contributed by atoms with Gasteiger partial charge in [0.2, 0.25) is 5.75 Å². The van der Waals surface area contributed by atoms with E-state index in [-0.39, 0.29) is 41.9 Å². The maximum Gasteiger partial charge on any atom is 0.318 e. The lowest BCUT2D eigenvalue weighted by atomic mass is 10.1. The van der Waals surface area contributed by atoms with Crippen molar-refractivity contribution in [2.24, 2.45) is 0 Å². The second-order valence-electron chi connectivity index (χ2n) is 9.07. The van der Waals surface area contributed by atoms with Gasteiger partial charge in [0, 0.05) is 11.5 Å². The summed E-state index contributed by atoms with van der Waals surface area (Å²) in [6.07, 6.45) is 1.54. The minimum atomic E-state index is -0.778. The molecule has 12 nitrogen and oxygen atoms in total. The monoisotopic (exact) mass is 601 g/mol. The number of carbonyl (C=O) groups is 2. The second-order valence-corrected chi connectivity index (χ2v) is 10.1. The van der Waals surface area contributed by atoms with Crippen LogP contribution in [0.1, 0.15) is 12.5 Å². The minimum absolute atomic E-state index is 0.0657. The molecular formula is C30H23N3O9S. The normalized spacial score (nSPS) is 13.9. The SMILES string of the molecule is CCOc1cc(/C=C2\SC(=O)N(CCOc3cccc4ccccc34)C2=O)ccc1Oc1ccc([N+](=O)[O-])cc1[N+](=O)[O-]. The van der Waals surface area contributed by atoms with E-state index in [0.29, 0.717) is 11.3 Å². The van der Waals surface area contributed by atoms with Gasteiger partial charge in [-0.05, 0) is 60.0 Å². The lowest BCUT2D eigenvalue weighted by Gasteiger charge is -2.14. The first-order valence-electron chi connectivity index (χ1n) is 13.0. The number of carbonyl (C=O) groups excluding carboxylic acids is 2. The summed E-state index contributed by atoms with van der Waals surface area (Å²) in [5, 5.41) is 24.1. The quantitative estimate of drug-likeness (QED) is 0.100. The highest BCUT2D eigenvalue weighted by atomic mass is 32.2. The average Bonchev–Trinajstić information content (AvgIpc) is 3.25. The molecule has 1 saturated heterocycles. The van der Waals surface area contributed by atoms with E-state index in [1.54, 1.807) is 19.1 Å². The van der Waals surface area contributed by atoms with Crippen molar-refractivity contribution in [3.8, 4) is 23.0 Å². The Morgan fingerprint density at radius 1 is 0.837 bits per heavy atom. The molecule has 5 rings (SSSR count). The van der Waals surface area contributed by atoms with E-state index in [4.69, 9.17) is 14.2 Å². The van der Waals surface area contributed by atoms with Crippen LogP contribution in [0.3, 0.4) is 0 Å². The van der Waals surface area contributed by atoms with Gasteiger partial charge in [0.25, 0.3) is 16.8 Å². The third kappa shape index (κ3) is 6.41. The van der Waals surface area contributed by atoms with Crippen LogP contribution in [0.2, 0.25) is 0 Å². The van der Waals surface area contributed by atoms with Gasteiger partial charge >= 0.3 is 5.69 Å². The number of benzene rings is 4. The van der Waals surface area contributed by atoms with E-state index < -0.39 is 32.4 Å². The summed E-state index contributed by atoms with van der Waals surface area (Å²) in [7, 11) is 0. The molecule has 0 saturated carbocycles. The van der Waals surface area contributed by atoms with Gasteiger partial charge in [-0.25, -0.2) is 0 Å². The Bertz CT molecular complexity index is 1790. The predicted octanol–water partition coefficient (Wildman–Crippen LogP) is 6.96. The molecule has 0 aromatic heterocycles. The standard InChI is InChI=1S/C30H23N3O9S/c1-2-40-27-16-19(10-12-26(27)42-25-13-11-21(32(36)37)18-23(25)33(38)39)17-28-29(34)31(30(35)43-28)14-15-41-24-9-5-7-20-6-3-4-8-22(20)24/h3-13,16-18H,2,14-15H2,1H3/b28-17-. The smallest absolute Gasteiger partial charge is 0.318 e. The lowest BCUT2D eigenvalue weighted by molar-refractivity contribution is -0.394. The van der Waals surface area contributed by atoms with E-state index in [1.165, 1.54) is 12.1 Å². The summed E-state index contributed by atoms with van der Waals surface area (Å²) in [5.74, 6) is 0.319. The molecule has 4 aromatic carbocycles. The van der Waals surface area contributed by atoms with Crippen LogP contribution in [0, 0.1) is 20.2 Å². The fraction of sp³-hybridized carbons (Fsp3) is 0.133. The van der Waals surface area contributed by atoms with Crippen LogP contribution in [0.15, 0.2) is 83.8 Å². The Kier molecular flexibility index (Phi) is 8.53. The number of nitrogens with zero attached hydrogens (tertiary/aromatic N) is 3. The van der Waals surface area contributed by atoms with Gasteiger partial charge in [-0.15, -0.1) is 0 Å². The fourth-order valence-electron chi connectivity index (χ4n) is 4.35. The van der Waals surface area contributed by atoms with E-state index >= 15 is 0 Å². The summed E-state index contributed by atoms with van der Waals surface area (Å²) in [5.41, 5.74) is -0.515. The third-order valence-corrected chi connectivity index (χ3v) is 7.24. The highest BCUT2D eigenvalue weighted by Gasteiger charge is 2.35. The number of hydrogen-bond donors (Lipinski definition) is 0. The van der Waals surface area contributed by atoms with E-state index in [1.807, 2.05) is 42.5 Å². The zero-order chi connectivity index (χ0) is 30.5. The highest BCUT2D eigenvalue weighted by molar-refractivity contribution is 8.18. The maximum atomic E-state index is 13.1. The number of hydrogen-bond acceptors (Lipinski definition) is 10. The Morgan fingerprint density at radius 3 is 2.37 bits per heavy atom. The van der Waals surface area contributed by atoms with Gasteiger partial charge in [-0.2, -0.15) is 0 Å².